The third-order valence-electron chi connectivity index (χ3n) is 5.69. The lowest BCUT2D eigenvalue weighted by molar-refractivity contribution is 0.0857. The number of aliphatic hydroxyl groups excluding tert-OH is 1. The van der Waals surface area contributed by atoms with Gasteiger partial charge >= 0.3 is 0 Å². The van der Waals surface area contributed by atoms with Crippen LogP contribution in [0.5, 0.6) is 0 Å². The van der Waals surface area contributed by atoms with Gasteiger partial charge in [0.25, 0.3) is 5.91 Å². The number of nitrogens with one attached hydrogen (secondary N) is 1. The molecule has 1 aliphatic rings. The molecule has 0 radical (unpaired) electrons. The number of hydrogen-bond acceptors (Lipinski definition) is 3. The number of amides is 1. The molecule has 0 saturated heterocycles. The molecule has 1 aliphatic carbocycles. The molecule has 1 saturated carbocycles. The van der Waals surface area contributed by atoms with Gasteiger partial charge in [-0.05, 0) is 42.0 Å². The number of nitrogens with zero attached hydrogens (tertiary/aromatic N) is 1. The average molecular weight is 374 g/mol. The van der Waals surface area contributed by atoms with Crippen LogP contribution in [-0.2, 0) is 6.54 Å². The second-order valence-corrected chi connectivity index (χ2v) is 7.63. The summed E-state index contributed by atoms with van der Waals surface area (Å²) in [5.41, 5.74) is 2.97. The Hall–Kier alpha value is -2.72. The fourth-order valence-corrected chi connectivity index (χ4v) is 4.14. The molecule has 2 N–H and O–H groups in total. The van der Waals surface area contributed by atoms with Crippen molar-refractivity contribution in [1.82, 2.24) is 10.3 Å². The monoisotopic (exact) mass is 374 g/mol. The zero-order chi connectivity index (χ0) is 19.3. The molecule has 1 heterocycles. The second-order valence-electron chi connectivity index (χ2n) is 7.63. The zero-order valence-corrected chi connectivity index (χ0v) is 16.0. The van der Waals surface area contributed by atoms with Crippen LogP contribution in [0.25, 0.3) is 10.9 Å². The zero-order valence-electron chi connectivity index (χ0n) is 16.0. The highest BCUT2D eigenvalue weighted by Crippen LogP contribution is 2.37. The smallest absolute Gasteiger partial charge is 0.270 e. The third-order valence-corrected chi connectivity index (χ3v) is 5.69. The van der Waals surface area contributed by atoms with Crippen molar-refractivity contribution < 1.29 is 9.90 Å². The van der Waals surface area contributed by atoms with Gasteiger partial charge in [-0.15, -0.1) is 0 Å². The van der Waals surface area contributed by atoms with Gasteiger partial charge in [0.2, 0.25) is 0 Å². The number of hydrogen-bond donors (Lipinski definition) is 2. The summed E-state index contributed by atoms with van der Waals surface area (Å²) in [4.78, 5) is 17.3. The Balaban J connectivity index is 1.62. The van der Waals surface area contributed by atoms with E-state index in [0.717, 1.165) is 47.7 Å². The first kappa shape index (κ1) is 18.6. The van der Waals surface area contributed by atoms with E-state index in [9.17, 15) is 9.90 Å². The van der Waals surface area contributed by atoms with Gasteiger partial charge < -0.3 is 10.4 Å². The topological polar surface area (TPSA) is 62.2 Å². The molecule has 3 aromatic rings. The highest BCUT2D eigenvalue weighted by molar-refractivity contribution is 5.96. The van der Waals surface area contributed by atoms with Crippen LogP contribution in [0.4, 0.5) is 0 Å². The quantitative estimate of drug-likeness (QED) is 0.676. The number of rotatable bonds is 5. The summed E-state index contributed by atoms with van der Waals surface area (Å²) in [5.74, 6) is 0.0338. The van der Waals surface area contributed by atoms with Crippen LogP contribution < -0.4 is 5.32 Å². The summed E-state index contributed by atoms with van der Waals surface area (Å²) >= 11 is 0. The third kappa shape index (κ3) is 4.07. The molecule has 1 amide bonds. The molecule has 4 heteroatoms. The van der Waals surface area contributed by atoms with Crippen molar-refractivity contribution in [2.24, 2.45) is 5.92 Å². The molecule has 144 valence electrons. The van der Waals surface area contributed by atoms with Gasteiger partial charge in [0.05, 0.1) is 11.6 Å². The van der Waals surface area contributed by atoms with Crippen molar-refractivity contribution in [3.63, 3.8) is 0 Å². The van der Waals surface area contributed by atoms with Crippen molar-refractivity contribution in [2.75, 3.05) is 0 Å². The van der Waals surface area contributed by atoms with Crippen LogP contribution in [0.1, 0.15) is 59.8 Å². The number of para-hydroxylation sites is 1. The Labute approximate surface area is 165 Å². The largest absolute Gasteiger partial charge is 0.388 e. The van der Waals surface area contributed by atoms with Crippen LogP contribution >= 0.6 is 0 Å². The lowest BCUT2D eigenvalue weighted by Crippen LogP contribution is -2.24. The number of benzene rings is 2. The van der Waals surface area contributed by atoms with Gasteiger partial charge in [0.1, 0.15) is 5.69 Å². The van der Waals surface area contributed by atoms with E-state index in [-0.39, 0.29) is 11.8 Å². The summed E-state index contributed by atoms with van der Waals surface area (Å²) in [6, 6.07) is 19.3. The van der Waals surface area contributed by atoms with E-state index in [0.29, 0.717) is 12.2 Å². The summed E-state index contributed by atoms with van der Waals surface area (Å²) in [7, 11) is 0. The van der Waals surface area contributed by atoms with E-state index >= 15 is 0 Å². The summed E-state index contributed by atoms with van der Waals surface area (Å²) in [6.45, 7) is 0.453. The van der Waals surface area contributed by atoms with E-state index in [1.807, 2.05) is 54.6 Å². The molecule has 28 heavy (non-hydrogen) atoms. The minimum Gasteiger partial charge on any atom is -0.388 e. The Kier molecular flexibility index (Phi) is 5.68. The molecule has 0 bridgehead atoms. The first-order chi connectivity index (χ1) is 13.7. The van der Waals surface area contributed by atoms with Crippen molar-refractivity contribution >= 4 is 16.8 Å². The van der Waals surface area contributed by atoms with Gasteiger partial charge in [0.15, 0.2) is 0 Å². The lowest BCUT2D eigenvalue weighted by Gasteiger charge is -2.27. The van der Waals surface area contributed by atoms with E-state index in [4.69, 9.17) is 0 Å². The Morgan fingerprint density at radius 3 is 2.54 bits per heavy atom. The molecule has 4 rings (SSSR count). The van der Waals surface area contributed by atoms with Crippen molar-refractivity contribution in [3.8, 4) is 0 Å². The maximum Gasteiger partial charge on any atom is 0.270 e. The van der Waals surface area contributed by atoms with Crippen LogP contribution in [0, 0.1) is 5.92 Å². The molecular formula is C24H26N2O2. The molecule has 0 aliphatic heterocycles. The lowest BCUT2D eigenvalue weighted by atomic mass is 9.82. The molecule has 1 unspecified atom stereocenters. The van der Waals surface area contributed by atoms with Crippen molar-refractivity contribution in [2.45, 2.75) is 44.8 Å². The SMILES string of the molecule is O=C(NCc1ccccc1)c1cc(C(O)C2CCCCC2)c2ccccc2n1. The van der Waals surface area contributed by atoms with Crippen LogP contribution in [0.15, 0.2) is 60.7 Å². The predicted octanol–water partition coefficient (Wildman–Crippen LogP) is 4.78. The summed E-state index contributed by atoms with van der Waals surface area (Å²) < 4.78 is 0. The summed E-state index contributed by atoms with van der Waals surface area (Å²) in [6.07, 6.45) is 5.08. The van der Waals surface area contributed by atoms with E-state index in [1.54, 1.807) is 6.07 Å². The Bertz CT molecular complexity index is 949. The average Bonchev–Trinajstić information content (AvgIpc) is 2.77. The maximum atomic E-state index is 12.8. The molecule has 1 atom stereocenters. The number of aromatic nitrogens is 1. The fraction of sp³-hybridized carbons (Fsp3) is 0.333. The Morgan fingerprint density at radius 2 is 1.75 bits per heavy atom. The normalized spacial score (nSPS) is 16.0. The molecule has 1 fully saturated rings. The van der Waals surface area contributed by atoms with Gasteiger partial charge in [-0.3, -0.25) is 4.79 Å². The van der Waals surface area contributed by atoms with Gasteiger partial charge in [-0.1, -0.05) is 67.8 Å². The van der Waals surface area contributed by atoms with Crippen molar-refractivity contribution in [1.29, 1.82) is 0 Å². The van der Waals surface area contributed by atoms with Crippen LogP contribution in [0.3, 0.4) is 0 Å². The second kappa shape index (κ2) is 8.53. The number of carbonyl (C=O) groups is 1. The first-order valence-electron chi connectivity index (χ1n) is 10.1. The van der Waals surface area contributed by atoms with Gasteiger partial charge in [0, 0.05) is 11.9 Å². The highest BCUT2D eigenvalue weighted by atomic mass is 16.3. The number of carbonyl (C=O) groups excluding carboxylic acids is 1. The van der Waals surface area contributed by atoms with Crippen molar-refractivity contribution in [3.05, 3.63) is 77.5 Å². The standard InChI is InChI=1S/C24H26N2O2/c27-23(18-11-5-2-6-12-18)20-15-22(26-21-14-8-7-13-19(20)21)24(28)25-16-17-9-3-1-4-10-17/h1,3-4,7-10,13-15,18,23,27H,2,5-6,11-12,16H2,(H,25,28). The van der Waals surface area contributed by atoms with E-state index in [1.165, 1.54) is 6.42 Å². The van der Waals surface area contributed by atoms with Crippen LogP contribution in [-0.4, -0.2) is 16.0 Å². The molecule has 1 aromatic heterocycles. The minimum atomic E-state index is -0.561. The predicted molar refractivity (Wildman–Crippen MR) is 111 cm³/mol. The highest BCUT2D eigenvalue weighted by Gasteiger charge is 2.26. The fourth-order valence-electron chi connectivity index (χ4n) is 4.14. The maximum absolute atomic E-state index is 12.8. The molecule has 0 spiro atoms. The van der Waals surface area contributed by atoms with Gasteiger partial charge in [-0.2, -0.15) is 0 Å². The molecule has 2 aromatic carbocycles. The molecular weight excluding hydrogens is 348 g/mol. The number of pyridine rings is 1. The Morgan fingerprint density at radius 1 is 1.04 bits per heavy atom. The summed E-state index contributed by atoms with van der Waals surface area (Å²) in [5, 5.41) is 15.0. The van der Waals surface area contributed by atoms with Gasteiger partial charge in [-0.25, -0.2) is 4.98 Å². The van der Waals surface area contributed by atoms with E-state index < -0.39 is 6.10 Å². The minimum absolute atomic E-state index is 0.216. The van der Waals surface area contributed by atoms with E-state index in [2.05, 4.69) is 10.3 Å². The van der Waals surface area contributed by atoms with Crippen LogP contribution in [0.2, 0.25) is 0 Å². The number of aliphatic hydroxyl groups is 1. The first-order valence-corrected chi connectivity index (χ1v) is 10.1. The number of fused-ring (bicyclic) bond motifs is 1. The molecule has 4 nitrogen and oxygen atoms in total.